The van der Waals surface area contributed by atoms with Crippen LogP contribution in [0.5, 0.6) is 0 Å². The zero-order chi connectivity index (χ0) is 19.1. The van der Waals surface area contributed by atoms with Crippen molar-refractivity contribution in [1.29, 1.82) is 0 Å². The second kappa shape index (κ2) is 6.81. The van der Waals surface area contributed by atoms with Crippen LogP contribution in [0.4, 0.5) is 0 Å². The van der Waals surface area contributed by atoms with Gasteiger partial charge >= 0.3 is 0 Å². The van der Waals surface area contributed by atoms with Crippen LogP contribution in [-0.4, -0.2) is 37.9 Å². The summed E-state index contributed by atoms with van der Waals surface area (Å²) >= 11 is 0. The molecule has 1 aliphatic heterocycles. The summed E-state index contributed by atoms with van der Waals surface area (Å²) in [6, 6.07) is 8.04. The summed E-state index contributed by atoms with van der Waals surface area (Å²) in [6.45, 7) is 7.21. The van der Waals surface area contributed by atoms with E-state index in [-0.39, 0.29) is 18.1 Å². The molecule has 4 rings (SSSR count). The molecule has 0 saturated heterocycles. The van der Waals surface area contributed by atoms with Crippen molar-refractivity contribution in [2.24, 2.45) is 7.05 Å². The monoisotopic (exact) mass is 367 g/mol. The summed E-state index contributed by atoms with van der Waals surface area (Å²) in [4.78, 5) is 17.3. The van der Waals surface area contributed by atoms with Gasteiger partial charge in [0.05, 0.1) is 28.9 Å². The van der Waals surface area contributed by atoms with Crippen molar-refractivity contribution in [3.8, 4) is 0 Å². The molecule has 7 nitrogen and oxygen atoms in total. The van der Waals surface area contributed by atoms with Crippen LogP contribution in [0, 0.1) is 6.92 Å². The van der Waals surface area contributed by atoms with E-state index in [0.717, 1.165) is 28.1 Å². The van der Waals surface area contributed by atoms with Crippen molar-refractivity contribution in [3.63, 3.8) is 0 Å². The van der Waals surface area contributed by atoms with Gasteiger partial charge in [-0.2, -0.15) is 5.10 Å². The van der Waals surface area contributed by atoms with Gasteiger partial charge in [0.15, 0.2) is 5.69 Å². The third-order valence-electron chi connectivity index (χ3n) is 5.19. The quantitative estimate of drug-likeness (QED) is 0.769. The molecule has 2 aromatic heterocycles. The number of benzene rings is 1. The average molecular weight is 367 g/mol. The molecule has 2 atom stereocenters. The van der Waals surface area contributed by atoms with Crippen molar-refractivity contribution >= 4 is 16.9 Å². The average Bonchev–Trinajstić information content (AvgIpc) is 3.12. The Morgan fingerprint density at radius 3 is 2.93 bits per heavy atom. The Bertz CT molecular complexity index is 1000. The number of hydrogen-bond acceptors (Lipinski definition) is 4. The fourth-order valence-corrected chi connectivity index (χ4v) is 4.06. The molecule has 1 amide bonds. The Kier molecular flexibility index (Phi) is 4.47. The maximum Gasteiger partial charge on any atom is 0.272 e. The van der Waals surface area contributed by atoms with E-state index in [1.807, 2.05) is 46.0 Å². The number of nitrogens with one attached hydrogen (secondary N) is 1. The molecule has 0 radical (unpaired) electrons. The number of carbonyl (C=O) groups is 1. The topological polar surface area (TPSA) is 74.0 Å². The first kappa shape index (κ1) is 17.7. The summed E-state index contributed by atoms with van der Waals surface area (Å²) in [5.74, 6) is 0.815. The Balaban J connectivity index is 1.49. The second-order valence-electron chi connectivity index (χ2n) is 7.18. The molecule has 3 heterocycles. The van der Waals surface area contributed by atoms with E-state index in [2.05, 4.69) is 26.0 Å². The minimum atomic E-state index is -0.129. The van der Waals surface area contributed by atoms with Crippen molar-refractivity contribution in [2.75, 3.05) is 6.54 Å². The molecule has 7 heteroatoms. The van der Waals surface area contributed by atoms with Crippen molar-refractivity contribution in [2.45, 2.75) is 45.9 Å². The number of fused-ring (bicyclic) bond motifs is 2. The number of rotatable bonds is 4. The number of aryl methyl sites for hydroxylation is 2. The number of carbonyl (C=O) groups excluding carboxylic acids is 1. The summed E-state index contributed by atoms with van der Waals surface area (Å²) < 4.78 is 9.77. The van der Waals surface area contributed by atoms with Gasteiger partial charge in [-0.05, 0) is 32.9 Å². The van der Waals surface area contributed by atoms with Gasteiger partial charge in [0, 0.05) is 32.1 Å². The minimum Gasteiger partial charge on any atom is -0.369 e. The van der Waals surface area contributed by atoms with Crippen LogP contribution in [0.15, 0.2) is 24.3 Å². The number of aromatic nitrogens is 4. The molecular weight excluding hydrogens is 342 g/mol. The maximum atomic E-state index is 12.8. The predicted molar refractivity (Wildman–Crippen MR) is 103 cm³/mol. The molecule has 0 unspecified atom stereocenters. The van der Waals surface area contributed by atoms with Crippen LogP contribution < -0.4 is 5.32 Å². The molecule has 27 heavy (non-hydrogen) atoms. The second-order valence-corrected chi connectivity index (χ2v) is 7.18. The van der Waals surface area contributed by atoms with Gasteiger partial charge in [-0.15, -0.1) is 0 Å². The molecular formula is C20H25N5O2. The third-order valence-corrected chi connectivity index (χ3v) is 5.19. The molecule has 1 N–H and O–H groups in total. The number of ether oxygens (including phenoxy) is 1. The molecule has 3 aromatic rings. The lowest BCUT2D eigenvalue weighted by molar-refractivity contribution is -0.00902. The van der Waals surface area contributed by atoms with Crippen LogP contribution in [0.2, 0.25) is 0 Å². The zero-order valence-corrected chi connectivity index (χ0v) is 16.2. The maximum absolute atomic E-state index is 12.8. The number of nitrogens with zero attached hydrogens (tertiary/aromatic N) is 4. The normalized spacial score (nSPS) is 19.3. The largest absolute Gasteiger partial charge is 0.369 e. The summed E-state index contributed by atoms with van der Waals surface area (Å²) in [6.07, 6.45) is 0.743. The van der Waals surface area contributed by atoms with Gasteiger partial charge < -0.3 is 14.6 Å². The number of hydrogen-bond donors (Lipinski definition) is 1. The Hall–Kier alpha value is -2.67. The fourth-order valence-electron chi connectivity index (χ4n) is 4.06. The van der Waals surface area contributed by atoms with Crippen molar-refractivity contribution < 1.29 is 9.53 Å². The third kappa shape index (κ3) is 3.12. The van der Waals surface area contributed by atoms with Crippen molar-refractivity contribution in [3.05, 3.63) is 47.0 Å². The lowest BCUT2D eigenvalue weighted by Crippen LogP contribution is -2.30. The Morgan fingerprint density at radius 2 is 2.11 bits per heavy atom. The highest BCUT2D eigenvalue weighted by atomic mass is 16.5. The van der Waals surface area contributed by atoms with E-state index in [4.69, 9.17) is 4.74 Å². The number of imidazole rings is 1. The van der Waals surface area contributed by atoms with Crippen molar-refractivity contribution in [1.82, 2.24) is 24.6 Å². The number of para-hydroxylation sites is 2. The molecule has 0 bridgehead atoms. The lowest BCUT2D eigenvalue weighted by atomic mass is 9.99. The number of amides is 1. The SMILES string of the molecule is Cc1nc2ccccc2n1CCNC(=O)c1nn(C)c2c1C[C@@H](C)O[C@H]2C. The Labute approximate surface area is 158 Å². The first-order valence-electron chi connectivity index (χ1n) is 9.37. The molecule has 0 fully saturated rings. The van der Waals surface area contributed by atoms with E-state index >= 15 is 0 Å². The van der Waals surface area contributed by atoms with Gasteiger partial charge in [-0.25, -0.2) is 4.98 Å². The highest BCUT2D eigenvalue weighted by molar-refractivity contribution is 5.94. The first-order valence-corrected chi connectivity index (χ1v) is 9.37. The fraction of sp³-hybridized carbons (Fsp3) is 0.450. The zero-order valence-electron chi connectivity index (χ0n) is 16.2. The summed E-state index contributed by atoms with van der Waals surface area (Å²) in [5.41, 5.74) is 4.57. The van der Waals surface area contributed by atoms with Gasteiger partial charge in [0.1, 0.15) is 5.82 Å². The van der Waals surface area contributed by atoms with Crippen LogP contribution in [0.3, 0.4) is 0 Å². The first-order chi connectivity index (χ1) is 13.0. The highest BCUT2D eigenvalue weighted by Gasteiger charge is 2.31. The molecule has 1 aliphatic rings. The van der Waals surface area contributed by atoms with Gasteiger partial charge in [-0.3, -0.25) is 9.48 Å². The van der Waals surface area contributed by atoms with E-state index in [1.54, 1.807) is 4.68 Å². The molecule has 142 valence electrons. The van der Waals surface area contributed by atoms with Crippen LogP contribution in [-0.2, 0) is 24.8 Å². The standard InChI is InChI=1S/C20H25N5O2/c1-12-11-15-18(23-24(4)19(15)13(2)27-12)20(26)21-9-10-25-14(3)22-16-7-5-6-8-17(16)25/h5-8,12-13H,9-11H2,1-4H3,(H,21,26)/t12-,13+/m1/s1. The molecule has 0 saturated carbocycles. The lowest BCUT2D eigenvalue weighted by Gasteiger charge is -2.26. The van der Waals surface area contributed by atoms with E-state index in [0.29, 0.717) is 25.2 Å². The van der Waals surface area contributed by atoms with Gasteiger partial charge in [0.25, 0.3) is 5.91 Å². The molecule has 0 spiro atoms. The minimum absolute atomic E-state index is 0.0530. The van der Waals surface area contributed by atoms with E-state index < -0.39 is 0 Å². The van der Waals surface area contributed by atoms with E-state index in [9.17, 15) is 4.79 Å². The van der Waals surface area contributed by atoms with Gasteiger partial charge in [-0.1, -0.05) is 12.1 Å². The van der Waals surface area contributed by atoms with Gasteiger partial charge in [0.2, 0.25) is 0 Å². The smallest absolute Gasteiger partial charge is 0.272 e. The summed E-state index contributed by atoms with van der Waals surface area (Å²) in [5, 5.41) is 7.48. The highest BCUT2D eigenvalue weighted by Crippen LogP contribution is 2.31. The molecule has 0 aliphatic carbocycles. The van der Waals surface area contributed by atoms with E-state index in [1.165, 1.54) is 0 Å². The van der Waals surface area contributed by atoms with Crippen LogP contribution in [0.25, 0.3) is 11.0 Å². The Morgan fingerprint density at radius 1 is 1.33 bits per heavy atom. The van der Waals surface area contributed by atoms with Crippen LogP contribution >= 0.6 is 0 Å². The van der Waals surface area contributed by atoms with Crippen LogP contribution in [0.1, 0.15) is 47.5 Å². The summed E-state index contributed by atoms with van der Waals surface area (Å²) in [7, 11) is 1.87. The molecule has 1 aromatic carbocycles. The predicted octanol–water partition coefficient (Wildman–Crippen LogP) is 2.53.